The number of fused-ring (bicyclic) bond motifs is 1. The third kappa shape index (κ3) is 4.06. The fourth-order valence-electron chi connectivity index (χ4n) is 4.54. The van der Waals surface area contributed by atoms with Crippen LogP contribution in [0.5, 0.6) is 5.75 Å². The van der Waals surface area contributed by atoms with Crippen molar-refractivity contribution in [2.45, 2.75) is 20.8 Å². The van der Waals surface area contributed by atoms with E-state index in [1.807, 2.05) is 106 Å². The molecule has 0 saturated carbocycles. The van der Waals surface area contributed by atoms with Crippen LogP contribution in [-0.2, 0) is 9.59 Å². The second-order valence-electron chi connectivity index (χ2n) is 8.59. The zero-order valence-corrected chi connectivity index (χ0v) is 20.0. The van der Waals surface area contributed by atoms with E-state index >= 15 is 0 Å². The molecule has 4 aromatic carbocycles. The third-order valence-corrected chi connectivity index (χ3v) is 6.18. The lowest BCUT2D eigenvalue weighted by atomic mass is 10.0. The van der Waals surface area contributed by atoms with Crippen LogP contribution in [0.15, 0.2) is 90.6 Å². The van der Waals surface area contributed by atoms with Gasteiger partial charge in [0.05, 0.1) is 17.9 Å². The smallest absolute Gasteiger partial charge is 0.282 e. The van der Waals surface area contributed by atoms with Gasteiger partial charge < -0.3 is 10.1 Å². The van der Waals surface area contributed by atoms with E-state index in [9.17, 15) is 9.59 Å². The van der Waals surface area contributed by atoms with Gasteiger partial charge in [-0.1, -0.05) is 66.2 Å². The van der Waals surface area contributed by atoms with Crippen LogP contribution in [0, 0.1) is 13.8 Å². The average Bonchev–Trinajstić information content (AvgIpc) is 3.09. The standard InChI is InChI=1S/C30H26N2O3/c1-4-35-23-15-13-22(14-16-23)27-28(31-25-11-7-9-21-8-5-6-10-24(21)25)30(34)32(29(27)33)26-17-12-19(2)18-20(26)3/h5-18,31H,4H2,1-3H3. The first-order valence-electron chi connectivity index (χ1n) is 11.7. The lowest BCUT2D eigenvalue weighted by molar-refractivity contribution is -0.120. The maximum atomic E-state index is 13.8. The molecule has 35 heavy (non-hydrogen) atoms. The highest BCUT2D eigenvalue weighted by Gasteiger charge is 2.41. The molecule has 0 aliphatic carbocycles. The van der Waals surface area contributed by atoms with Gasteiger partial charge in [0.2, 0.25) is 0 Å². The van der Waals surface area contributed by atoms with Crippen LogP contribution in [0.3, 0.4) is 0 Å². The predicted octanol–water partition coefficient (Wildman–Crippen LogP) is 6.25. The quantitative estimate of drug-likeness (QED) is 0.344. The lowest BCUT2D eigenvalue weighted by Crippen LogP contribution is -2.33. The fraction of sp³-hybridized carbons (Fsp3) is 0.133. The van der Waals surface area contributed by atoms with Gasteiger partial charge in [0.1, 0.15) is 11.4 Å². The fourth-order valence-corrected chi connectivity index (χ4v) is 4.54. The Morgan fingerprint density at radius 3 is 2.31 bits per heavy atom. The first-order valence-corrected chi connectivity index (χ1v) is 11.7. The molecule has 0 aromatic heterocycles. The first kappa shape index (κ1) is 22.4. The summed E-state index contributed by atoms with van der Waals surface area (Å²) in [4.78, 5) is 28.9. The Balaban J connectivity index is 1.64. The number of benzene rings is 4. The number of hydrogen-bond acceptors (Lipinski definition) is 4. The lowest BCUT2D eigenvalue weighted by Gasteiger charge is -2.18. The molecule has 0 radical (unpaired) electrons. The number of carbonyl (C=O) groups is 2. The van der Waals surface area contributed by atoms with E-state index in [-0.39, 0.29) is 17.5 Å². The highest BCUT2D eigenvalue weighted by Crippen LogP contribution is 2.37. The van der Waals surface area contributed by atoms with E-state index in [0.29, 0.717) is 29.2 Å². The van der Waals surface area contributed by atoms with Gasteiger partial charge in [-0.3, -0.25) is 9.59 Å². The van der Waals surface area contributed by atoms with E-state index in [2.05, 4.69) is 5.32 Å². The van der Waals surface area contributed by atoms with Crippen LogP contribution in [0.4, 0.5) is 11.4 Å². The number of nitrogens with one attached hydrogen (secondary N) is 1. The Bertz CT molecular complexity index is 1480. The molecule has 0 fully saturated rings. The summed E-state index contributed by atoms with van der Waals surface area (Å²) in [6.45, 7) is 6.37. The molecule has 0 bridgehead atoms. The van der Waals surface area contributed by atoms with Crippen LogP contribution in [0.25, 0.3) is 16.3 Å². The predicted molar refractivity (Wildman–Crippen MR) is 141 cm³/mol. The van der Waals surface area contributed by atoms with Crippen molar-refractivity contribution in [1.29, 1.82) is 0 Å². The van der Waals surface area contributed by atoms with Crippen LogP contribution in [-0.4, -0.2) is 18.4 Å². The summed E-state index contributed by atoms with van der Waals surface area (Å²) >= 11 is 0. The molecule has 5 rings (SSSR count). The highest BCUT2D eigenvalue weighted by atomic mass is 16.5. The number of amides is 2. The average molecular weight is 463 g/mol. The van der Waals surface area contributed by atoms with Gasteiger partial charge in [-0.2, -0.15) is 0 Å². The molecule has 0 atom stereocenters. The van der Waals surface area contributed by atoms with Crippen molar-refractivity contribution < 1.29 is 14.3 Å². The Kier molecular flexibility index (Phi) is 5.83. The van der Waals surface area contributed by atoms with Crippen molar-refractivity contribution in [2.24, 2.45) is 0 Å². The number of imide groups is 1. The van der Waals surface area contributed by atoms with Crippen molar-refractivity contribution in [3.8, 4) is 5.75 Å². The van der Waals surface area contributed by atoms with Gasteiger partial charge in [0.15, 0.2) is 0 Å². The van der Waals surface area contributed by atoms with Crippen LogP contribution in [0.1, 0.15) is 23.6 Å². The number of nitrogens with zero attached hydrogens (tertiary/aromatic N) is 1. The van der Waals surface area contributed by atoms with Crippen molar-refractivity contribution in [3.05, 3.63) is 107 Å². The van der Waals surface area contributed by atoms with E-state index < -0.39 is 0 Å². The highest BCUT2D eigenvalue weighted by molar-refractivity contribution is 6.46. The summed E-state index contributed by atoms with van der Waals surface area (Å²) in [5.41, 5.74) is 4.54. The Labute approximate surface area is 204 Å². The van der Waals surface area contributed by atoms with Gasteiger partial charge in [-0.05, 0) is 61.5 Å². The van der Waals surface area contributed by atoms with E-state index in [0.717, 1.165) is 27.6 Å². The van der Waals surface area contributed by atoms with Crippen LogP contribution in [0.2, 0.25) is 0 Å². The second kappa shape index (κ2) is 9.11. The molecule has 2 amide bonds. The minimum atomic E-state index is -0.376. The van der Waals surface area contributed by atoms with Crippen molar-refractivity contribution in [3.63, 3.8) is 0 Å². The molecule has 0 unspecified atom stereocenters. The summed E-state index contributed by atoms with van der Waals surface area (Å²) in [6, 6.07) is 26.8. The first-order chi connectivity index (χ1) is 17.0. The third-order valence-electron chi connectivity index (χ3n) is 6.18. The Morgan fingerprint density at radius 1 is 0.829 bits per heavy atom. The second-order valence-corrected chi connectivity index (χ2v) is 8.59. The molecule has 174 valence electrons. The molecule has 1 aliphatic rings. The van der Waals surface area contributed by atoms with Gasteiger partial charge in [0, 0.05) is 11.1 Å². The molecule has 5 heteroatoms. The summed E-state index contributed by atoms with van der Waals surface area (Å²) < 4.78 is 5.57. The van der Waals surface area contributed by atoms with Gasteiger partial charge in [0.25, 0.3) is 11.8 Å². The summed E-state index contributed by atoms with van der Waals surface area (Å²) in [5.74, 6) is -0.0176. The maximum absolute atomic E-state index is 13.8. The summed E-state index contributed by atoms with van der Waals surface area (Å²) in [7, 11) is 0. The monoisotopic (exact) mass is 462 g/mol. The molecular weight excluding hydrogens is 436 g/mol. The summed E-state index contributed by atoms with van der Waals surface area (Å²) in [5, 5.41) is 5.34. The van der Waals surface area contributed by atoms with Crippen molar-refractivity contribution >= 4 is 39.5 Å². The molecule has 0 spiro atoms. The Hall–Kier alpha value is -4.38. The maximum Gasteiger partial charge on any atom is 0.282 e. The van der Waals surface area contributed by atoms with Gasteiger partial charge in [-0.15, -0.1) is 0 Å². The number of ether oxygens (including phenoxy) is 1. The normalized spacial score (nSPS) is 13.6. The molecule has 0 saturated heterocycles. The van der Waals surface area contributed by atoms with E-state index in [1.54, 1.807) is 0 Å². The number of hydrogen-bond donors (Lipinski definition) is 1. The van der Waals surface area contributed by atoms with Crippen molar-refractivity contribution in [1.82, 2.24) is 0 Å². The Morgan fingerprint density at radius 2 is 1.57 bits per heavy atom. The number of carbonyl (C=O) groups excluding carboxylic acids is 2. The molecule has 1 N–H and O–H groups in total. The molecular formula is C30H26N2O3. The molecule has 1 aliphatic heterocycles. The van der Waals surface area contributed by atoms with Gasteiger partial charge >= 0.3 is 0 Å². The minimum Gasteiger partial charge on any atom is -0.494 e. The van der Waals surface area contributed by atoms with Gasteiger partial charge in [-0.25, -0.2) is 4.90 Å². The molecule has 5 nitrogen and oxygen atoms in total. The minimum absolute atomic E-state index is 0.260. The SMILES string of the molecule is CCOc1ccc(C2=C(Nc3cccc4ccccc34)C(=O)N(c3ccc(C)cc3C)C2=O)cc1. The molecule has 1 heterocycles. The van der Waals surface area contributed by atoms with E-state index in [1.165, 1.54) is 4.90 Å². The van der Waals surface area contributed by atoms with Crippen molar-refractivity contribution in [2.75, 3.05) is 16.8 Å². The van der Waals surface area contributed by atoms with Crippen LogP contribution >= 0.6 is 0 Å². The topological polar surface area (TPSA) is 58.6 Å². The number of aryl methyl sites for hydroxylation is 2. The van der Waals surface area contributed by atoms with E-state index in [4.69, 9.17) is 4.74 Å². The summed E-state index contributed by atoms with van der Waals surface area (Å²) in [6.07, 6.45) is 0. The zero-order chi connectivity index (χ0) is 24.5. The molecule has 4 aromatic rings. The zero-order valence-electron chi connectivity index (χ0n) is 20.0. The van der Waals surface area contributed by atoms with Crippen LogP contribution < -0.4 is 15.0 Å². The number of anilines is 2. The largest absolute Gasteiger partial charge is 0.494 e. The number of rotatable bonds is 6.